The highest BCUT2D eigenvalue weighted by Gasteiger charge is 2.35. The molecule has 1 amide bonds. The van der Waals surface area contributed by atoms with E-state index in [-0.39, 0.29) is 18.5 Å². The van der Waals surface area contributed by atoms with Crippen LogP contribution in [0.4, 0.5) is 4.39 Å². The van der Waals surface area contributed by atoms with Crippen molar-refractivity contribution in [2.24, 2.45) is 0 Å². The molecule has 1 saturated carbocycles. The summed E-state index contributed by atoms with van der Waals surface area (Å²) in [7, 11) is 3.04. The summed E-state index contributed by atoms with van der Waals surface area (Å²) in [5.41, 5.74) is 0.715. The molecule has 25 heavy (non-hydrogen) atoms. The molecule has 2 aromatic rings. The van der Waals surface area contributed by atoms with Gasteiger partial charge in [-0.05, 0) is 43.2 Å². The molecule has 0 spiro atoms. The summed E-state index contributed by atoms with van der Waals surface area (Å²) in [5, 5.41) is 0.316. The molecule has 0 bridgehead atoms. The van der Waals surface area contributed by atoms with Gasteiger partial charge < -0.3 is 14.4 Å². The summed E-state index contributed by atoms with van der Waals surface area (Å²) in [4.78, 5) is 14.8. The van der Waals surface area contributed by atoms with E-state index in [1.54, 1.807) is 35.2 Å². The summed E-state index contributed by atoms with van der Waals surface area (Å²) in [6.07, 6.45) is 1.79. The van der Waals surface area contributed by atoms with Gasteiger partial charge in [0.15, 0.2) is 0 Å². The Hall–Kier alpha value is -2.27. The van der Waals surface area contributed by atoms with E-state index in [9.17, 15) is 9.18 Å². The molecule has 2 aromatic carbocycles. The summed E-state index contributed by atoms with van der Waals surface area (Å²) in [5.74, 6) is 0.376. The Kier molecular flexibility index (Phi) is 5.13. The molecule has 0 atom stereocenters. The van der Waals surface area contributed by atoms with Crippen molar-refractivity contribution >= 4 is 17.5 Å². The SMILES string of the molecule is COc1ccc(OC)c(C(=O)N(Cc2c(F)cccc2Cl)C2CC2)c1. The molecule has 0 aliphatic heterocycles. The Balaban J connectivity index is 1.95. The number of nitrogens with zero attached hydrogens (tertiary/aromatic N) is 1. The van der Waals surface area contributed by atoms with Crippen LogP contribution in [0.5, 0.6) is 11.5 Å². The summed E-state index contributed by atoms with van der Waals surface area (Å²) in [6.45, 7) is 0.120. The first-order valence-corrected chi connectivity index (χ1v) is 8.38. The highest BCUT2D eigenvalue weighted by atomic mass is 35.5. The number of carbonyl (C=O) groups excluding carboxylic acids is 1. The molecular formula is C19H19ClFNO3. The van der Waals surface area contributed by atoms with E-state index in [0.29, 0.717) is 27.6 Å². The maximum atomic E-state index is 14.2. The number of amides is 1. The van der Waals surface area contributed by atoms with Crippen LogP contribution < -0.4 is 9.47 Å². The van der Waals surface area contributed by atoms with Gasteiger partial charge in [0, 0.05) is 16.6 Å². The van der Waals surface area contributed by atoms with Crippen molar-refractivity contribution in [2.75, 3.05) is 14.2 Å². The third-order valence-electron chi connectivity index (χ3n) is 4.28. The molecule has 0 radical (unpaired) electrons. The first-order chi connectivity index (χ1) is 12.0. The van der Waals surface area contributed by atoms with Gasteiger partial charge in [-0.3, -0.25) is 4.79 Å². The van der Waals surface area contributed by atoms with E-state index >= 15 is 0 Å². The van der Waals surface area contributed by atoms with E-state index in [1.165, 1.54) is 20.3 Å². The van der Waals surface area contributed by atoms with Gasteiger partial charge in [-0.15, -0.1) is 0 Å². The monoisotopic (exact) mass is 363 g/mol. The Morgan fingerprint density at radius 3 is 2.60 bits per heavy atom. The Bertz CT molecular complexity index is 772. The molecule has 0 aromatic heterocycles. The van der Waals surface area contributed by atoms with Crippen LogP contribution in [0.15, 0.2) is 36.4 Å². The number of methoxy groups -OCH3 is 2. The minimum Gasteiger partial charge on any atom is -0.497 e. The van der Waals surface area contributed by atoms with Gasteiger partial charge in [0.25, 0.3) is 5.91 Å². The maximum absolute atomic E-state index is 14.2. The predicted octanol–water partition coefficient (Wildman–Crippen LogP) is 4.30. The fraction of sp³-hybridized carbons (Fsp3) is 0.316. The van der Waals surface area contributed by atoms with Crippen LogP contribution in [0, 0.1) is 5.82 Å². The lowest BCUT2D eigenvalue weighted by Gasteiger charge is -2.24. The molecule has 0 saturated heterocycles. The van der Waals surface area contributed by atoms with Gasteiger partial charge in [-0.1, -0.05) is 17.7 Å². The van der Waals surface area contributed by atoms with Crippen molar-refractivity contribution in [1.29, 1.82) is 0 Å². The van der Waals surface area contributed by atoms with E-state index in [2.05, 4.69) is 0 Å². The van der Waals surface area contributed by atoms with Crippen molar-refractivity contribution in [2.45, 2.75) is 25.4 Å². The van der Waals surface area contributed by atoms with E-state index < -0.39 is 5.82 Å². The topological polar surface area (TPSA) is 38.8 Å². The van der Waals surface area contributed by atoms with Crippen LogP contribution >= 0.6 is 11.6 Å². The van der Waals surface area contributed by atoms with Crippen LogP contribution in [0.25, 0.3) is 0 Å². The lowest BCUT2D eigenvalue weighted by Crippen LogP contribution is -2.33. The number of ether oxygens (including phenoxy) is 2. The second-order valence-electron chi connectivity index (χ2n) is 5.93. The van der Waals surface area contributed by atoms with Gasteiger partial charge in [0.2, 0.25) is 0 Å². The molecule has 3 rings (SSSR count). The third-order valence-corrected chi connectivity index (χ3v) is 4.63. The number of hydrogen-bond donors (Lipinski definition) is 0. The minimum absolute atomic E-state index is 0.0825. The van der Waals surface area contributed by atoms with E-state index in [4.69, 9.17) is 21.1 Å². The molecule has 1 fully saturated rings. The van der Waals surface area contributed by atoms with Crippen LogP contribution in [0.2, 0.25) is 5.02 Å². The Labute approximate surface area is 151 Å². The highest BCUT2D eigenvalue weighted by Crippen LogP contribution is 2.34. The number of benzene rings is 2. The summed E-state index contributed by atoms with van der Waals surface area (Å²) in [6, 6.07) is 9.66. The van der Waals surface area contributed by atoms with Crippen LogP contribution in [0.1, 0.15) is 28.8 Å². The van der Waals surface area contributed by atoms with Crippen LogP contribution in [-0.4, -0.2) is 31.1 Å². The van der Waals surface area contributed by atoms with Crippen molar-refractivity contribution < 1.29 is 18.7 Å². The molecule has 132 valence electrons. The molecule has 0 N–H and O–H groups in total. The average Bonchev–Trinajstić information content (AvgIpc) is 3.45. The van der Waals surface area contributed by atoms with E-state index in [1.807, 2.05) is 0 Å². The molecule has 4 nitrogen and oxygen atoms in total. The molecule has 1 aliphatic carbocycles. The quantitative estimate of drug-likeness (QED) is 0.768. The lowest BCUT2D eigenvalue weighted by atomic mass is 10.1. The van der Waals surface area contributed by atoms with Crippen molar-refractivity contribution in [3.8, 4) is 11.5 Å². The first-order valence-electron chi connectivity index (χ1n) is 8.01. The normalized spacial score (nSPS) is 13.4. The second kappa shape index (κ2) is 7.31. The Morgan fingerprint density at radius 2 is 2.00 bits per heavy atom. The Morgan fingerprint density at radius 1 is 1.24 bits per heavy atom. The lowest BCUT2D eigenvalue weighted by molar-refractivity contribution is 0.0724. The smallest absolute Gasteiger partial charge is 0.258 e. The fourth-order valence-corrected chi connectivity index (χ4v) is 2.97. The zero-order valence-corrected chi connectivity index (χ0v) is 14.8. The van der Waals surface area contributed by atoms with E-state index in [0.717, 1.165) is 12.8 Å². The summed E-state index contributed by atoms with van der Waals surface area (Å²) < 4.78 is 24.7. The fourth-order valence-electron chi connectivity index (χ4n) is 2.74. The molecule has 0 unspecified atom stereocenters. The molecule has 6 heteroatoms. The van der Waals surface area contributed by atoms with Gasteiger partial charge in [0.1, 0.15) is 17.3 Å². The number of halogens is 2. The van der Waals surface area contributed by atoms with Crippen molar-refractivity contribution in [3.63, 3.8) is 0 Å². The maximum Gasteiger partial charge on any atom is 0.258 e. The summed E-state index contributed by atoms with van der Waals surface area (Å²) >= 11 is 6.13. The van der Waals surface area contributed by atoms with Gasteiger partial charge >= 0.3 is 0 Å². The first kappa shape index (κ1) is 17.5. The molecule has 0 heterocycles. The number of carbonyl (C=O) groups is 1. The zero-order chi connectivity index (χ0) is 18.0. The van der Waals surface area contributed by atoms with Crippen LogP contribution in [-0.2, 0) is 6.54 Å². The van der Waals surface area contributed by atoms with Crippen LogP contribution in [0.3, 0.4) is 0 Å². The highest BCUT2D eigenvalue weighted by molar-refractivity contribution is 6.31. The number of hydrogen-bond acceptors (Lipinski definition) is 3. The largest absolute Gasteiger partial charge is 0.497 e. The van der Waals surface area contributed by atoms with Gasteiger partial charge in [-0.25, -0.2) is 4.39 Å². The standard InChI is InChI=1S/C19H19ClFNO3/c1-24-13-8-9-18(25-2)14(10-13)19(23)22(12-6-7-12)11-15-16(20)4-3-5-17(15)21/h3-5,8-10,12H,6-7,11H2,1-2H3. The molecule has 1 aliphatic rings. The average molecular weight is 364 g/mol. The number of rotatable bonds is 6. The third kappa shape index (κ3) is 3.71. The minimum atomic E-state index is -0.413. The zero-order valence-electron chi connectivity index (χ0n) is 14.1. The van der Waals surface area contributed by atoms with Gasteiger partial charge in [0.05, 0.1) is 26.3 Å². The van der Waals surface area contributed by atoms with Crippen molar-refractivity contribution in [3.05, 3.63) is 58.4 Å². The van der Waals surface area contributed by atoms with Crippen molar-refractivity contribution in [1.82, 2.24) is 4.90 Å². The molecular weight excluding hydrogens is 345 g/mol. The van der Waals surface area contributed by atoms with Gasteiger partial charge in [-0.2, -0.15) is 0 Å². The predicted molar refractivity (Wildman–Crippen MR) is 93.9 cm³/mol. The second-order valence-corrected chi connectivity index (χ2v) is 6.34.